The molecule has 15 heavy (non-hydrogen) atoms. The van der Waals surface area contributed by atoms with Crippen molar-refractivity contribution in [1.29, 1.82) is 0 Å². The topological polar surface area (TPSA) is 64.4 Å². The minimum atomic E-state index is -0.414. The van der Waals surface area contributed by atoms with Crippen molar-refractivity contribution in [3.63, 3.8) is 0 Å². The lowest BCUT2D eigenvalue weighted by molar-refractivity contribution is 0.875. The van der Waals surface area contributed by atoms with Gasteiger partial charge >= 0.3 is 0 Å². The highest BCUT2D eigenvalue weighted by molar-refractivity contribution is 14.1. The molecule has 0 saturated carbocycles. The van der Waals surface area contributed by atoms with E-state index in [1.165, 1.54) is 11.8 Å². The number of hydrogen-bond donors (Lipinski definition) is 2. The van der Waals surface area contributed by atoms with Crippen molar-refractivity contribution in [1.82, 2.24) is 0 Å². The second-order valence-electron chi connectivity index (χ2n) is 3.17. The van der Waals surface area contributed by atoms with E-state index in [2.05, 4.69) is 27.6 Å². The normalized spacial score (nSPS) is 25.0. The summed E-state index contributed by atoms with van der Waals surface area (Å²) < 4.78 is -0.414. The molecule has 5 heteroatoms. The maximum Gasteiger partial charge on any atom is 0.160 e. The molecular formula is C10H10IN3S. The number of nitrogens with zero attached hydrogens (tertiary/aromatic N) is 1. The van der Waals surface area contributed by atoms with Crippen LogP contribution in [0.1, 0.15) is 5.56 Å². The number of halogens is 1. The summed E-state index contributed by atoms with van der Waals surface area (Å²) in [5.41, 5.74) is 13.2. The van der Waals surface area contributed by atoms with Crippen LogP contribution >= 0.6 is 34.4 Å². The van der Waals surface area contributed by atoms with Crippen LogP contribution in [-0.4, -0.2) is 5.17 Å². The maximum atomic E-state index is 5.75. The molecule has 0 radical (unpaired) electrons. The third-order valence-electron chi connectivity index (χ3n) is 2.04. The number of nitrogens with two attached hydrogens (primary N) is 2. The molecule has 0 amide bonds. The zero-order valence-electron chi connectivity index (χ0n) is 7.85. The third kappa shape index (κ3) is 2.28. The summed E-state index contributed by atoms with van der Waals surface area (Å²) in [7, 11) is 0. The Kier molecular flexibility index (Phi) is 2.92. The van der Waals surface area contributed by atoms with E-state index >= 15 is 0 Å². The van der Waals surface area contributed by atoms with Crippen molar-refractivity contribution < 1.29 is 0 Å². The standard InChI is InChI=1S/C10H10IN3S/c11-10(4-5-15-9(13)14-10)7-2-1-3-8(12)6-7/h1-6H,12H2,(H2,13,14)/t10-/m0/s1. The minimum Gasteiger partial charge on any atom is -0.399 e. The molecule has 0 spiro atoms. The number of amidine groups is 1. The van der Waals surface area contributed by atoms with E-state index < -0.39 is 3.55 Å². The van der Waals surface area contributed by atoms with E-state index in [1.54, 1.807) is 0 Å². The molecule has 0 aromatic heterocycles. The van der Waals surface area contributed by atoms with Gasteiger partial charge in [-0.1, -0.05) is 23.9 Å². The summed E-state index contributed by atoms with van der Waals surface area (Å²) in [5, 5.41) is 2.53. The Labute approximate surface area is 106 Å². The molecule has 0 bridgehead atoms. The van der Waals surface area contributed by atoms with Crippen molar-refractivity contribution in [3.05, 3.63) is 41.3 Å². The summed E-state index contributed by atoms with van der Waals surface area (Å²) in [5.74, 6) is 0. The maximum absolute atomic E-state index is 5.75. The van der Waals surface area contributed by atoms with Crippen molar-refractivity contribution in [2.45, 2.75) is 3.55 Å². The molecule has 1 atom stereocenters. The quantitative estimate of drug-likeness (QED) is 0.360. The van der Waals surface area contributed by atoms with Gasteiger partial charge in [0.25, 0.3) is 0 Å². The van der Waals surface area contributed by atoms with Crippen LogP contribution in [0.2, 0.25) is 0 Å². The smallest absolute Gasteiger partial charge is 0.160 e. The molecule has 3 nitrogen and oxygen atoms in total. The molecule has 1 aromatic rings. The van der Waals surface area contributed by atoms with Crippen LogP contribution in [0.5, 0.6) is 0 Å². The molecule has 1 heterocycles. The Morgan fingerprint density at radius 3 is 2.80 bits per heavy atom. The number of alkyl halides is 1. The van der Waals surface area contributed by atoms with Crippen molar-refractivity contribution in [2.75, 3.05) is 5.73 Å². The number of nitrogen functional groups attached to an aromatic ring is 1. The van der Waals surface area contributed by atoms with Gasteiger partial charge in [0, 0.05) is 5.69 Å². The van der Waals surface area contributed by atoms with Crippen LogP contribution in [0.15, 0.2) is 40.7 Å². The highest BCUT2D eigenvalue weighted by atomic mass is 127. The van der Waals surface area contributed by atoms with E-state index in [0.29, 0.717) is 5.17 Å². The first-order valence-corrected chi connectivity index (χ1v) is 6.31. The molecule has 0 aliphatic carbocycles. The predicted molar refractivity (Wildman–Crippen MR) is 74.9 cm³/mol. The highest BCUT2D eigenvalue weighted by Gasteiger charge is 2.27. The largest absolute Gasteiger partial charge is 0.399 e. The first-order chi connectivity index (χ1) is 7.10. The zero-order chi connectivity index (χ0) is 10.9. The van der Waals surface area contributed by atoms with Crippen LogP contribution in [0.25, 0.3) is 0 Å². The van der Waals surface area contributed by atoms with Gasteiger partial charge in [0.2, 0.25) is 0 Å². The fourth-order valence-corrected chi connectivity index (χ4v) is 3.12. The summed E-state index contributed by atoms with van der Waals surface area (Å²) in [4.78, 5) is 4.43. The van der Waals surface area contributed by atoms with Crippen molar-refractivity contribution in [2.24, 2.45) is 10.7 Å². The van der Waals surface area contributed by atoms with Gasteiger partial charge in [-0.05, 0) is 51.8 Å². The minimum absolute atomic E-state index is 0.414. The van der Waals surface area contributed by atoms with E-state index in [-0.39, 0.29) is 0 Å². The molecular weight excluding hydrogens is 321 g/mol. The molecule has 1 aliphatic heterocycles. The number of thioether (sulfide) groups is 1. The number of rotatable bonds is 1. The van der Waals surface area contributed by atoms with Gasteiger partial charge in [-0.15, -0.1) is 0 Å². The van der Waals surface area contributed by atoms with Gasteiger partial charge in [0.15, 0.2) is 8.71 Å². The molecule has 78 valence electrons. The number of anilines is 1. The SMILES string of the molecule is NC1=N[C@](I)(c2cccc(N)c2)C=CS1. The van der Waals surface area contributed by atoms with E-state index in [1.807, 2.05) is 35.7 Å². The molecule has 0 unspecified atom stereocenters. The summed E-state index contributed by atoms with van der Waals surface area (Å²) in [6, 6.07) is 7.70. The first kappa shape index (κ1) is 10.8. The third-order valence-corrected chi connectivity index (χ3v) is 3.87. The average molecular weight is 331 g/mol. The monoisotopic (exact) mass is 331 g/mol. The lowest BCUT2D eigenvalue weighted by Crippen LogP contribution is -2.20. The molecule has 4 N–H and O–H groups in total. The van der Waals surface area contributed by atoms with Crippen molar-refractivity contribution >= 4 is 45.2 Å². The predicted octanol–water partition coefficient (Wildman–Crippen LogP) is 2.43. The average Bonchev–Trinajstić information content (AvgIpc) is 2.17. The molecule has 0 saturated heterocycles. The Balaban J connectivity index is 2.45. The van der Waals surface area contributed by atoms with Gasteiger partial charge in [-0.25, -0.2) is 4.99 Å². The van der Waals surface area contributed by atoms with Crippen LogP contribution in [0, 0.1) is 0 Å². The number of hydrogen-bond acceptors (Lipinski definition) is 4. The number of aliphatic imine (C=N–C) groups is 1. The van der Waals surface area contributed by atoms with Gasteiger partial charge in [0.1, 0.15) is 0 Å². The summed E-state index contributed by atoms with van der Waals surface area (Å²) in [6.45, 7) is 0. The van der Waals surface area contributed by atoms with E-state index in [0.717, 1.165) is 11.3 Å². The molecule has 2 rings (SSSR count). The second-order valence-corrected chi connectivity index (χ2v) is 5.74. The lowest BCUT2D eigenvalue weighted by Gasteiger charge is -2.23. The van der Waals surface area contributed by atoms with Gasteiger partial charge in [-0.2, -0.15) is 0 Å². The Bertz CT molecular complexity index is 444. The first-order valence-electron chi connectivity index (χ1n) is 4.35. The number of benzene rings is 1. The molecule has 0 fully saturated rings. The lowest BCUT2D eigenvalue weighted by atomic mass is 10.1. The van der Waals surface area contributed by atoms with Crippen molar-refractivity contribution in [3.8, 4) is 0 Å². The van der Waals surface area contributed by atoms with Crippen LogP contribution in [-0.2, 0) is 3.55 Å². The fourth-order valence-electron chi connectivity index (χ4n) is 1.34. The van der Waals surface area contributed by atoms with Gasteiger partial charge in [-0.3, -0.25) is 0 Å². The van der Waals surface area contributed by atoms with Crippen LogP contribution in [0.3, 0.4) is 0 Å². The molecule has 1 aliphatic rings. The second kappa shape index (κ2) is 4.05. The summed E-state index contributed by atoms with van der Waals surface area (Å²) >= 11 is 3.69. The van der Waals surface area contributed by atoms with E-state index in [9.17, 15) is 0 Å². The Morgan fingerprint density at radius 1 is 1.33 bits per heavy atom. The zero-order valence-corrected chi connectivity index (χ0v) is 10.8. The fraction of sp³-hybridized carbons (Fsp3) is 0.100. The summed E-state index contributed by atoms with van der Waals surface area (Å²) in [6.07, 6.45) is 2.02. The Hall–Kier alpha value is -0.690. The highest BCUT2D eigenvalue weighted by Crippen LogP contribution is 2.39. The van der Waals surface area contributed by atoms with Crippen LogP contribution in [0.4, 0.5) is 5.69 Å². The van der Waals surface area contributed by atoms with E-state index in [4.69, 9.17) is 11.5 Å². The Morgan fingerprint density at radius 2 is 2.13 bits per heavy atom. The van der Waals surface area contributed by atoms with Gasteiger partial charge in [0.05, 0.1) is 0 Å². The molecule has 1 aromatic carbocycles. The van der Waals surface area contributed by atoms with Gasteiger partial charge < -0.3 is 11.5 Å². The van der Waals surface area contributed by atoms with Crippen LogP contribution < -0.4 is 11.5 Å².